The van der Waals surface area contributed by atoms with Gasteiger partial charge in [0.15, 0.2) is 0 Å². The van der Waals surface area contributed by atoms with Crippen LogP contribution in [0.1, 0.15) is 31.9 Å². The highest BCUT2D eigenvalue weighted by Crippen LogP contribution is 2.35. The highest BCUT2D eigenvalue weighted by atomic mass is 32.2. The van der Waals surface area contributed by atoms with Gasteiger partial charge in [0.05, 0.1) is 16.4 Å². The predicted molar refractivity (Wildman–Crippen MR) is 101 cm³/mol. The maximum atomic E-state index is 13.2. The molecule has 0 spiro atoms. The van der Waals surface area contributed by atoms with Crippen LogP contribution in [-0.2, 0) is 10.0 Å². The van der Waals surface area contributed by atoms with Crippen molar-refractivity contribution in [3.8, 4) is 17.2 Å². The average molecular weight is 369 g/mol. The normalized spacial score (nSPS) is 21.3. The summed E-state index contributed by atoms with van der Waals surface area (Å²) >= 11 is 0. The fourth-order valence-corrected chi connectivity index (χ4v) is 5.07. The van der Waals surface area contributed by atoms with Gasteiger partial charge in [-0.3, -0.25) is 4.98 Å². The van der Waals surface area contributed by atoms with Gasteiger partial charge >= 0.3 is 0 Å². The number of hydrogen-bond acceptors (Lipinski definition) is 4. The molecule has 2 aromatic rings. The zero-order valence-corrected chi connectivity index (χ0v) is 16.0. The van der Waals surface area contributed by atoms with E-state index in [-0.39, 0.29) is 11.4 Å². The minimum atomic E-state index is -3.63. The zero-order valence-electron chi connectivity index (χ0n) is 15.1. The molecular formula is C20H23N3O2S. The summed E-state index contributed by atoms with van der Waals surface area (Å²) in [5.41, 5.74) is 2.09. The van der Waals surface area contributed by atoms with Gasteiger partial charge in [0.1, 0.15) is 0 Å². The van der Waals surface area contributed by atoms with Crippen molar-refractivity contribution < 1.29 is 8.42 Å². The quantitative estimate of drug-likeness (QED) is 0.822. The lowest BCUT2D eigenvalue weighted by atomic mass is 9.80. The Hall–Kier alpha value is -2.23. The van der Waals surface area contributed by atoms with Crippen LogP contribution in [0.4, 0.5) is 0 Å². The predicted octanol–water partition coefficient (Wildman–Crippen LogP) is 3.76. The summed E-state index contributed by atoms with van der Waals surface area (Å²) in [5.74, 6) is 0. The van der Waals surface area contributed by atoms with E-state index in [0.717, 1.165) is 23.2 Å². The van der Waals surface area contributed by atoms with Crippen LogP contribution in [-0.4, -0.2) is 30.8 Å². The SMILES string of the molecule is CCC1(C#N)CCCN(S(=O)(=O)c2cccc(-c3ccnc(C)c3)c2)C1. The monoisotopic (exact) mass is 369 g/mol. The number of hydrogen-bond donors (Lipinski definition) is 0. The molecule has 1 atom stereocenters. The van der Waals surface area contributed by atoms with E-state index in [9.17, 15) is 13.7 Å². The third-order valence-corrected chi connectivity index (χ3v) is 7.00. The van der Waals surface area contributed by atoms with Crippen LogP contribution in [0, 0.1) is 23.7 Å². The Bertz CT molecular complexity index is 950. The van der Waals surface area contributed by atoms with Crippen molar-refractivity contribution >= 4 is 10.0 Å². The maximum Gasteiger partial charge on any atom is 0.243 e. The van der Waals surface area contributed by atoms with Crippen molar-refractivity contribution in [3.05, 3.63) is 48.3 Å². The summed E-state index contributed by atoms with van der Waals surface area (Å²) in [7, 11) is -3.63. The number of aryl methyl sites for hydroxylation is 1. The van der Waals surface area contributed by atoms with E-state index in [0.29, 0.717) is 19.4 Å². The number of nitrogens with zero attached hydrogens (tertiary/aromatic N) is 3. The van der Waals surface area contributed by atoms with Crippen molar-refractivity contribution in [3.63, 3.8) is 0 Å². The molecule has 0 bridgehead atoms. The molecule has 1 unspecified atom stereocenters. The van der Waals surface area contributed by atoms with Gasteiger partial charge in [0, 0.05) is 25.0 Å². The topological polar surface area (TPSA) is 74.1 Å². The molecule has 1 aliphatic rings. The molecule has 1 aliphatic heterocycles. The fourth-order valence-electron chi connectivity index (χ4n) is 3.46. The Balaban J connectivity index is 1.95. The van der Waals surface area contributed by atoms with Gasteiger partial charge in [-0.2, -0.15) is 9.57 Å². The standard InChI is InChI=1S/C20H23N3O2S/c1-3-20(14-21)9-5-11-23(15-20)26(24,25)19-7-4-6-17(13-19)18-8-10-22-16(2)12-18/h4,6-8,10,12-13H,3,5,9,11,15H2,1-2H3. The molecule has 1 aromatic heterocycles. The van der Waals surface area contributed by atoms with E-state index in [4.69, 9.17) is 0 Å². The first kappa shape index (κ1) is 18.6. The molecule has 136 valence electrons. The zero-order chi connectivity index (χ0) is 18.8. The Morgan fingerprint density at radius 3 is 2.73 bits per heavy atom. The molecule has 3 rings (SSSR count). The maximum absolute atomic E-state index is 13.2. The van der Waals surface area contributed by atoms with Crippen molar-refractivity contribution in [1.29, 1.82) is 5.26 Å². The Labute approximate surface area is 155 Å². The second kappa shape index (κ2) is 7.18. The van der Waals surface area contributed by atoms with Gasteiger partial charge < -0.3 is 0 Å². The molecule has 1 aromatic carbocycles. The molecule has 0 saturated carbocycles. The minimum absolute atomic E-state index is 0.265. The van der Waals surface area contributed by atoms with Crippen LogP contribution < -0.4 is 0 Å². The van der Waals surface area contributed by atoms with E-state index >= 15 is 0 Å². The minimum Gasteiger partial charge on any atom is -0.262 e. The third kappa shape index (κ3) is 3.50. The number of rotatable bonds is 4. The summed E-state index contributed by atoms with van der Waals surface area (Å²) in [6.07, 6.45) is 3.84. The number of sulfonamides is 1. The molecule has 0 N–H and O–H groups in total. The molecule has 1 fully saturated rings. The second-order valence-electron chi connectivity index (χ2n) is 6.90. The van der Waals surface area contributed by atoms with Gasteiger partial charge in [0.2, 0.25) is 10.0 Å². The van der Waals surface area contributed by atoms with Crippen molar-refractivity contribution in [2.24, 2.45) is 5.41 Å². The molecule has 2 heterocycles. The van der Waals surface area contributed by atoms with Gasteiger partial charge in [-0.05, 0) is 61.6 Å². The molecule has 0 amide bonds. The van der Waals surface area contributed by atoms with Crippen LogP contribution in [0.2, 0.25) is 0 Å². The average Bonchev–Trinajstić information content (AvgIpc) is 2.68. The second-order valence-corrected chi connectivity index (χ2v) is 8.84. The fraction of sp³-hybridized carbons (Fsp3) is 0.400. The summed E-state index contributed by atoms with van der Waals surface area (Å²) in [6, 6.07) is 13.2. The smallest absolute Gasteiger partial charge is 0.243 e. The molecule has 1 saturated heterocycles. The van der Waals surface area contributed by atoms with Gasteiger partial charge in [-0.25, -0.2) is 8.42 Å². The molecule has 5 nitrogen and oxygen atoms in total. The first-order valence-electron chi connectivity index (χ1n) is 8.85. The van der Waals surface area contributed by atoms with E-state index in [1.807, 2.05) is 32.0 Å². The lowest BCUT2D eigenvalue weighted by Crippen LogP contribution is -2.45. The van der Waals surface area contributed by atoms with Crippen molar-refractivity contribution in [1.82, 2.24) is 9.29 Å². The van der Waals surface area contributed by atoms with E-state index < -0.39 is 15.4 Å². The van der Waals surface area contributed by atoms with Crippen LogP contribution >= 0.6 is 0 Å². The lowest BCUT2D eigenvalue weighted by molar-refractivity contribution is 0.198. The molecular weight excluding hydrogens is 346 g/mol. The van der Waals surface area contributed by atoms with Crippen molar-refractivity contribution in [2.45, 2.75) is 38.0 Å². The van der Waals surface area contributed by atoms with Gasteiger partial charge in [0.25, 0.3) is 0 Å². The first-order valence-corrected chi connectivity index (χ1v) is 10.3. The number of benzene rings is 1. The molecule has 26 heavy (non-hydrogen) atoms. The third-order valence-electron chi connectivity index (χ3n) is 5.16. The highest BCUT2D eigenvalue weighted by molar-refractivity contribution is 7.89. The van der Waals surface area contributed by atoms with Crippen LogP contribution in [0.15, 0.2) is 47.5 Å². The number of nitriles is 1. The summed E-state index contributed by atoms with van der Waals surface area (Å²) in [5, 5.41) is 9.54. The van der Waals surface area contributed by atoms with Crippen molar-refractivity contribution in [2.75, 3.05) is 13.1 Å². The Kier molecular flexibility index (Phi) is 5.12. The Morgan fingerprint density at radius 2 is 2.04 bits per heavy atom. The summed E-state index contributed by atoms with van der Waals surface area (Å²) in [6.45, 7) is 4.58. The molecule has 0 aliphatic carbocycles. The van der Waals surface area contributed by atoms with Crippen LogP contribution in [0.3, 0.4) is 0 Å². The Morgan fingerprint density at radius 1 is 1.27 bits per heavy atom. The molecule has 6 heteroatoms. The summed E-state index contributed by atoms with van der Waals surface area (Å²) < 4.78 is 27.8. The number of piperidine rings is 1. The van der Waals surface area contributed by atoms with Crippen LogP contribution in [0.25, 0.3) is 11.1 Å². The number of pyridine rings is 1. The first-order chi connectivity index (χ1) is 12.4. The number of aromatic nitrogens is 1. The van der Waals surface area contributed by atoms with Gasteiger partial charge in [-0.15, -0.1) is 0 Å². The van der Waals surface area contributed by atoms with E-state index in [1.54, 1.807) is 24.4 Å². The van der Waals surface area contributed by atoms with E-state index in [2.05, 4.69) is 11.1 Å². The largest absolute Gasteiger partial charge is 0.262 e. The lowest BCUT2D eigenvalue weighted by Gasteiger charge is -2.37. The molecule has 0 radical (unpaired) electrons. The van der Waals surface area contributed by atoms with E-state index in [1.165, 1.54) is 4.31 Å². The van der Waals surface area contributed by atoms with Crippen LogP contribution in [0.5, 0.6) is 0 Å². The highest BCUT2D eigenvalue weighted by Gasteiger charge is 2.39. The van der Waals surface area contributed by atoms with Gasteiger partial charge in [-0.1, -0.05) is 19.1 Å². The summed E-state index contributed by atoms with van der Waals surface area (Å²) in [4.78, 5) is 4.46.